The second kappa shape index (κ2) is 40.5. The molecule has 0 saturated heterocycles. The number of anilines is 8. The van der Waals surface area contributed by atoms with E-state index in [2.05, 4.69) is 118 Å². The summed E-state index contributed by atoms with van der Waals surface area (Å²) in [5.74, 6) is 6.45. The Labute approximate surface area is 850 Å². The van der Waals surface area contributed by atoms with Gasteiger partial charge in [0, 0.05) is 150 Å². The summed E-state index contributed by atoms with van der Waals surface area (Å²) in [4.78, 5) is 91.8. The van der Waals surface area contributed by atoms with Crippen molar-refractivity contribution in [3.8, 4) is 79.4 Å². The van der Waals surface area contributed by atoms with E-state index in [1.54, 1.807) is 106 Å². The first-order chi connectivity index (χ1) is 71.4. The molecule has 24 rings (SSSR count). The van der Waals surface area contributed by atoms with E-state index >= 15 is 0 Å². The van der Waals surface area contributed by atoms with Crippen molar-refractivity contribution in [3.63, 3.8) is 0 Å². The highest BCUT2D eigenvalue weighted by Gasteiger charge is 2.37. The summed E-state index contributed by atoms with van der Waals surface area (Å²) in [5.41, 5.74) is 37.6. The van der Waals surface area contributed by atoms with Crippen LogP contribution in [-0.4, -0.2) is 98.3 Å². The fourth-order valence-corrected chi connectivity index (χ4v) is 19.5. The van der Waals surface area contributed by atoms with E-state index in [1.165, 1.54) is 0 Å². The summed E-state index contributed by atoms with van der Waals surface area (Å²) in [6.07, 6.45) is 24.3. The molecule has 4 aliphatic carbocycles. The number of rotatable bonds is 27. The maximum atomic E-state index is 14.1. The normalized spacial score (nSPS) is 14.2. The number of para-hydroxylation sites is 2. The van der Waals surface area contributed by atoms with Crippen LogP contribution in [-0.2, 0) is 14.1 Å². The van der Waals surface area contributed by atoms with E-state index in [0.717, 1.165) is 142 Å². The third-order valence-electron chi connectivity index (χ3n) is 26.8. The van der Waals surface area contributed by atoms with Gasteiger partial charge in [-0.15, -0.1) is 0 Å². The Bertz CT molecular complexity index is 8400. The van der Waals surface area contributed by atoms with Gasteiger partial charge in [-0.05, 0) is 202 Å². The lowest BCUT2D eigenvalue weighted by molar-refractivity contribution is 0.394. The van der Waals surface area contributed by atoms with E-state index in [1.807, 2.05) is 183 Å². The van der Waals surface area contributed by atoms with E-state index in [-0.39, 0.29) is 58.5 Å². The van der Waals surface area contributed by atoms with Crippen LogP contribution in [0.4, 0.5) is 46.0 Å². The zero-order valence-corrected chi connectivity index (χ0v) is 83.1. The molecule has 4 aliphatic rings. The molecule has 6 aromatic carbocycles. The summed E-state index contributed by atoms with van der Waals surface area (Å²) in [6, 6.07) is 56.3. The zero-order chi connectivity index (χ0) is 102. The van der Waals surface area contributed by atoms with Crippen LogP contribution in [0.3, 0.4) is 0 Å². The standard InChI is InChI=1S/C28H25ClN6O2.C27H23ClN6O2.2C27H28N8O2/c1-2-21(32-26-24(20(30)13-14-31-26)27-33-25(34-37-27)16-11-12-16)22-15-17-7-6-10-19(29)23(17)28(36)35(22)18-8-4-3-5-9-18;1-15(31-25-23(20(29)12-13-30-25)26-32-24(33-36-26)16-10-11-16)21-14-17-6-5-9-19(28)22(17)27(35)34(21)18-7-3-2-4-8-18;1-4-21(32-25-24(20(28)10-11-29-25)26-31-15(2)37-33-26)22-12-16-6-5-7-19(17-13-30-34(3)14-17)23(16)27(36)35(22)18-8-9-18;1-4-21(32-25-24(20(28)10-11-29-25)26-31-15(2)33-37-26)22-12-16-6-5-7-19(17-13-30-34(3)14-17)23(16)27(36)35(22)18-8-9-18/h3-10,13-16,21H,2,11-12H2,1H3,(H3,30,31,32);2-9,12-16H,10-11H2,1H3,(H3,29,30,31);2*5-7,10-14,18,21H,4,8-9H2,1-3H3,(H3,28,29,32)/t21-;15-;2*21-/m0000/s1. The van der Waals surface area contributed by atoms with Gasteiger partial charge in [-0.1, -0.05) is 162 Å². The van der Waals surface area contributed by atoms with Gasteiger partial charge in [0.05, 0.1) is 73.7 Å². The summed E-state index contributed by atoms with van der Waals surface area (Å²) >= 11 is 12.9. The minimum Gasteiger partial charge on any atom is -0.398 e. The molecule has 14 heterocycles. The Morgan fingerprint density at radius 2 is 0.769 bits per heavy atom. The van der Waals surface area contributed by atoms with E-state index in [4.69, 9.17) is 64.2 Å². The minimum absolute atomic E-state index is 0.0167. The number of hydrogen-bond donors (Lipinski definition) is 8. The highest BCUT2D eigenvalue weighted by molar-refractivity contribution is 6.36. The number of aryl methyl sites for hydroxylation is 4. The lowest BCUT2D eigenvalue weighted by Crippen LogP contribution is -2.27. The minimum atomic E-state index is -0.347. The van der Waals surface area contributed by atoms with Crippen molar-refractivity contribution >= 4 is 112 Å². The average Bonchev–Trinajstić information content (AvgIpc) is 1.60. The van der Waals surface area contributed by atoms with E-state index in [0.29, 0.717) is 165 Å². The molecule has 147 heavy (non-hydrogen) atoms. The lowest BCUT2D eigenvalue weighted by atomic mass is 9.99. The van der Waals surface area contributed by atoms with Crippen LogP contribution in [0.15, 0.2) is 269 Å². The van der Waals surface area contributed by atoms with Crippen molar-refractivity contribution in [2.45, 2.75) is 160 Å². The van der Waals surface area contributed by atoms with Crippen LogP contribution in [0.1, 0.15) is 193 Å². The molecule has 0 radical (unpaired) electrons. The molecule has 4 atom stereocenters. The SMILES string of the molecule is CC[C@H](Nc1nccc(N)c1-c1nc(C)no1)c1cc2cccc(-c3cnn(C)c3)c2c(=O)n1C1CC1.CC[C@H](Nc1nccc(N)c1-c1nc(C2CC2)no1)c1cc2cccc(Cl)c2c(=O)n1-c1ccccc1.CC[C@H](Nc1nccc(N)c1-c1noc(C)n1)c1cc2cccc(-c3cnn(C)c3)c2c(=O)n1C1CC1.C[C@H](Nc1nccc(N)c1-c1nc(C2CC2)no1)c1cc2cccc(Cl)c2c(=O)n1-c1ccccc1. The number of halogens is 2. The van der Waals surface area contributed by atoms with Gasteiger partial charge >= 0.3 is 0 Å². The molecular formula is C109H104Cl2N28O8. The molecule has 0 aliphatic heterocycles. The van der Waals surface area contributed by atoms with Gasteiger partial charge in [0.1, 0.15) is 40.0 Å². The van der Waals surface area contributed by atoms with Gasteiger partial charge in [0.2, 0.25) is 11.7 Å². The molecule has 0 amide bonds. The van der Waals surface area contributed by atoms with Gasteiger partial charge in [0.25, 0.3) is 39.9 Å². The van der Waals surface area contributed by atoms with Crippen molar-refractivity contribution in [2.24, 2.45) is 14.1 Å². The van der Waals surface area contributed by atoms with Crippen molar-refractivity contribution in [1.82, 2.24) is 98.3 Å². The smallest absolute Gasteiger partial charge is 0.264 e. The van der Waals surface area contributed by atoms with Crippen LogP contribution in [0.25, 0.3) is 122 Å². The summed E-state index contributed by atoms with van der Waals surface area (Å²) in [7, 11) is 3.75. The first-order valence-corrected chi connectivity index (χ1v) is 49.7. The van der Waals surface area contributed by atoms with E-state index < -0.39 is 0 Å². The molecule has 4 fully saturated rings. The zero-order valence-electron chi connectivity index (χ0n) is 81.6. The average molecular weight is 2010 g/mol. The van der Waals surface area contributed by atoms with Crippen molar-refractivity contribution in [3.05, 3.63) is 329 Å². The maximum Gasteiger partial charge on any atom is 0.264 e. The second-order valence-electron chi connectivity index (χ2n) is 37.2. The molecule has 742 valence electrons. The van der Waals surface area contributed by atoms with Gasteiger partial charge < -0.3 is 71.4 Å². The lowest BCUT2D eigenvalue weighted by Gasteiger charge is -2.24. The molecule has 4 saturated carbocycles. The van der Waals surface area contributed by atoms with Crippen LogP contribution >= 0.6 is 23.2 Å². The predicted molar refractivity (Wildman–Crippen MR) is 570 cm³/mol. The van der Waals surface area contributed by atoms with Gasteiger partial charge in [-0.2, -0.15) is 30.1 Å². The predicted octanol–water partition coefficient (Wildman–Crippen LogP) is 21.1. The Kier molecular flexibility index (Phi) is 26.4. The highest BCUT2D eigenvalue weighted by atomic mass is 35.5. The van der Waals surface area contributed by atoms with Gasteiger partial charge in [0.15, 0.2) is 17.5 Å². The van der Waals surface area contributed by atoms with Crippen LogP contribution in [0.2, 0.25) is 10.0 Å². The van der Waals surface area contributed by atoms with Gasteiger partial charge in [-0.25, -0.2) is 19.9 Å². The van der Waals surface area contributed by atoms with E-state index in [9.17, 15) is 19.2 Å². The van der Waals surface area contributed by atoms with Crippen LogP contribution in [0, 0.1) is 13.8 Å². The number of hydrogen-bond acceptors (Lipinski definition) is 30. The van der Waals surface area contributed by atoms with Crippen LogP contribution in [0.5, 0.6) is 0 Å². The third kappa shape index (κ3) is 19.4. The monoisotopic (exact) mass is 2000 g/mol. The number of nitrogens with two attached hydrogens (primary N) is 4. The highest BCUT2D eigenvalue weighted by Crippen LogP contribution is 2.47. The van der Waals surface area contributed by atoms with Crippen molar-refractivity contribution in [1.29, 1.82) is 0 Å². The number of nitrogens with one attached hydrogen (secondary N) is 4. The molecule has 0 unspecified atom stereocenters. The fraction of sp³-hybridized carbons (Fsp3) is 0.248. The topological polar surface area (TPSA) is 483 Å². The Hall–Kier alpha value is -17.3. The third-order valence-corrected chi connectivity index (χ3v) is 27.4. The Morgan fingerprint density at radius 1 is 0.395 bits per heavy atom. The number of aromatic nitrogens is 20. The molecule has 38 heteroatoms. The van der Waals surface area contributed by atoms with Crippen molar-refractivity contribution in [2.75, 3.05) is 44.2 Å². The molecule has 20 aromatic rings. The van der Waals surface area contributed by atoms with Gasteiger partial charge in [-0.3, -0.25) is 37.7 Å². The molecular weight excluding hydrogens is 1900 g/mol. The maximum absolute atomic E-state index is 14.1. The number of benzene rings is 6. The summed E-state index contributed by atoms with van der Waals surface area (Å²) in [5, 5.41) is 45.4. The Morgan fingerprint density at radius 3 is 1.16 bits per heavy atom. The van der Waals surface area contributed by atoms with Crippen LogP contribution < -0.4 is 66.4 Å². The summed E-state index contributed by atoms with van der Waals surface area (Å²) in [6.45, 7) is 11.7. The number of fused-ring (bicyclic) bond motifs is 4. The largest absolute Gasteiger partial charge is 0.398 e. The molecule has 0 spiro atoms. The number of nitrogens with zero attached hydrogens (tertiary/aromatic N) is 20. The summed E-state index contributed by atoms with van der Waals surface area (Å²) < 4.78 is 32.6. The first-order valence-electron chi connectivity index (χ1n) is 48.9. The van der Waals surface area contributed by atoms with Crippen molar-refractivity contribution < 1.29 is 18.1 Å². The fourth-order valence-electron chi connectivity index (χ4n) is 19.0. The quantitative estimate of drug-likeness (QED) is 0.0237. The first kappa shape index (κ1) is 95.9. The second-order valence-corrected chi connectivity index (χ2v) is 38.0. The molecule has 12 N–H and O–H groups in total. The molecule has 36 nitrogen and oxygen atoms in total. The Balaban J connectivity index is 0.000000115. The number of pyridine rings is 8. The molecule has 14 aromatic heterocycles. The molecule has 0 bridgehead atoms. The number of nitrogen functional groups attached to an aromatic ring is 4.